The molecule has 23 heavy (non-hydrogen) atoms. The highest BCUT2D eigenvalue weighted by atomic mass is 31.2. The van der Waals surface area contributed by atoms with Gasteiger partial charge in [0.2, 0.25) is 0 Å². The van der Waals surface area contributed by atoms with Crippen molar-refractivity contribution in [3.05, 3.63) is 96.6 Å². The van der Waals surface area contributed by atoms with Crippen molar-refractivity contribution in [1.29, 1.82) is 0 Å². The number of benzene rings is 3. The van der Waals surface area contributed by atoms with Crippen LogP contribution in [0.3, 0.4) is 0 Å². The van der Waals surface area contributed by atoms with Gasteiger partial charge in [0, 0.05) is 19.5 Å². The van der Waals surface area contributed by atoms with Gasteiger partial charge in [-0.3, -0.25) is 0 Å². The van der Waals surface area contributed by atoms with Crippen LogP contribution in [-0.2, 0) is 4.57 Å². The summed E-state index contributed by atoms with van der Waals surface area (Å²) in [4.78, 5) is 0. The lowest BCUT2D eigenvalue weighted by molar-refractivity contribution is 0.202. The Morgan fingerprint density at radius 2 is 1.17 bits per heavy atom. The second-order valence-electron chi connectivity index (χ2n) is 5.22. The molecule has 0 radical (unpaired) electrons. The van der Waals surface area contributed by atoms with Crippen LogP contribution in [0.25, 0.3) is 0 Å². The van der Waals surface area contributed by atoms with E-state index in [1.165, 1.54) is 0 Å². The maximum atomic E-state index is 14.1. The molecule has 1 unspecified atom stereocenters. The van der Waals surface area contributed by atoms with Crippen LogP contribution >= 0.6 is 7.14 Å². The molecule has 3 aromatic carbocycles. The van der Waals surface area contributed by atoms with E-state index < -0.39 is 19.4 Å². The highest BCUT2D eigenvalue weighted by Crippen LogP contribution is 2.46. The summed E-state index contributed by atoms with van der Waals surface area (Å²) in [5, 5.41) is 11.5. The Balaban J connectivity index is 2.20. The quantitative estimate of drug-likeness (QED) is 0.726. The van der Waals surface area contributed by atoms with E-state index in [0.717, 1.165) is 0 Å². The van der Waals surface area contributed by atoms with Crippen LogP contribution in [0.2, 0.25) is 0 Å². The summed E-state index contributed by atoms with van der Waals surface area (Å²) in [6, 6.07) is 25.7. The molecular weight excluding hydrogens is 303 g/mol. The van der Waals surface area contributed by atoms with Crippen molar-refractivity contribution in [2.24, 2.45) is 0 Å². The van der Waals surface area contributed by atoms with Gasteiger partial charge >= 0.3 is 0 Å². The number of hydrogen-bond donors (Lipinski definition) is 1. The van der Waals surface area contributed by atoms with Gasteiger partial charge in [0.05, 0.1) is 6.10 Å². The van der Waals surface area contributed by atoms with Crippen LogP contribution in [0.15, 0.2) is 91.0 Å². The molecule has 0 bridgehead atoms. The predicted octanol–water partition coefficient (Wildman–Crippen LogP) is 3.73. The number of hydrogen-bond acceptors (Lipinski definition) is 2. The van der Waals surface area contributed by atoms with Gasteiger partial charge < -0.3 is 9.67 Å². The van der Waals surface area contributed by atoms with Crippen LogP contribution < -0.4 is 10.6 Å². The first kappa shape index (κ1) is 13.3. The lowest BCUT2D eigenvalue weighted by Gasteiger charge is -2.22. The molecule has 0 fully saturated rings. The average Bonchev–Trinajstić information content (AvgIpc) is 2.68. The minimum absolute atomic E-state index is 0.390. The summed E-state index contributed by atoms with van der Waals surface area (Å²) in [7, 11) is -3.77. The van der Waals surface area contributed by atoms with Crippen LogP contribution in [0.4, 0.5) is 0 Å². The third-order valence-electron chi connectivity index (χ3n) is 3.66. The third kappa shape index (κ3) is 3.44. The van der Waals surface area contributed by atoms with Gasteiger partial charge in [-0.25, -0.2) is 0 Å². The summed E-state index contributed by atoms with van der Waals surface area (Å²) in [5.74, 6) is 0. The van der Waals surface area contributed by atoms with E-state index in [2.05, 4.69) is 0 Å². The summed E-state index contributed by atoms with van der Waals surface area (Å²) >= 11 is 0. The Labute approximate surface area is 139 Å². The largest absolute Gasteiger partial charge is 0.388 e. The van der Waals surface area contributed by atoms with Gasteiger partial charge in [-0.1, -0.05) is 91.0 Å². The van der Waals surface area contributed by atoms with Gasteiger partial charge in [0.1, 0.15) is 7.14 Å². The molecule has 0 amide bonds. The summed E-state index contributed by atoms with van der Waals surface area (Å²) in [5.41, 5.74) is 0.402. The van der Waals surface area contributed by atoms with E-state index in [4.69, 9.17) is 2.74 Å². The zero-order valence-corrected chi connectivity index (χ0v) is 13.4. The van der Waals surface area contributed by atoms with Crippen molar-refractivity contribution < 1.29 is 12.4 Å². The number of aliphatic hydroxyl groups is 1. The lowest BCUT2D eigenvalue weighted by Crippen LogP contribution is -2.21. The van der Waals surface area contributed by atoms with Crippen molar-refractivity contribution in [3.8, 4) is 0 Å². The maximum absolute atomic E-state index is 14.1. The summed E-state index contributed by atoms with van der Waals surface area (Å²) in [6.45, 7) is 0. The molecular formula is C20H19O2P. The van der Waals surface area contributed by atoms with Gasteiger partial charge in [-0.15, -0.1) is 0 Å². The molecule has 0 spiro atoms. The van der Waals surface area contributed by atoms with E-state index in [1.807, 2.05) is 0 Å². The topological polar surface area (TPSA) is 37.3 Å². The Morgan fingerprint density at radius 3 is 1.61 bits per heavy atom. The fraction of sp³-hybridized carbons (Fsp3) is 0.100. The molecule has 1 N–H and O–H groups in total. The minimum atomic E-state index is -3.77. The minimum Gasteiger partial charge on any atom is -0.388 e. The fourth-order valence-corrected chi connectivity index (χ4v) is 4.73. The zero-order valence-electron chi connectivity index (χ0n) is 14.5. The predicted molar refractivity (Wildman–Crippen MR) is 96.0 cm³/mol. The molecule has 3 heteroatoms. The first-order chi connectivity index (χ1) is 12.0. The van der Waals surface area contributed by atoms with E-state index in [-0.39, 0.29) is 0 Å². The van der Waals surface area contributed by atoms with Gasteiger partial charge in [0.15, 0.2) is 0 Å². The fourth-order valence-electron chi connectivity index (χ4n) is 2.46. The highest BCUT2D eigenvalue weighted by molar-refractivity contribution is 7.78. The molecule has 2 nitrogen and oxygen atoms in total. The molecule has 0 aliphatic heterocycles. The van der Waals surface area contributed by atoms with E-state index in [1.54, 1.807) is 91.0 Å². The summed E-state index contributed by atoms with van der Waals surface area (Å²) < 4.78 is 31.4. The zero-order chi connectivity index (χ0) is 17.9. The molecule has 0 saturated heterocycles. The van der Waals surface area contributed by atoms with E-state index in [0.29, 0.717) is 16.2 Å². The SMILES string of the molecule is [2H]C([2H])(C(O)c1ccccc1)P(=O)(c1ccccc1)c1ccccc1. The van der Waals surface area contributed by atoms with Crippen molar-refractivity contribution in [2.45, 2.75) is 6.10 Å². The van der Waals surface area contributed by atoms with Crippen LogP contribution in [0.5, 0.6) is 0 Å². The molecule has 3 rings (SSSR count). The molecule has 0 saturated carbocycles. The number of rotatable bonds is 5. The molecule has 3 aromatic rings. The monoisotopic (exact) mass is 324 g/mol. The molecule has 116 valence electrons. The van der Waals surface area contributed by atoms with Gasteiger partial charge in [0.25, 0.3) is 0 Å². The van der Waals surface area contributed by atoms with Crippen molar-refractivity contribution in [3.63, 3.8) is 0 Å². The van der Waals surface area contributed by atoms with E-state index >= 15 is 0 Å². The average molecular weight is 324 g/mol. The third-order valence-corrected chi connectivity index (χ3v) is 6.32. The Hall–Kier alpha value is -2.15. The Bertz CT molecular complexity index is 824. The normalized spacial score (nSPS) is 14.7. The second-order valence-corrected chi connectivity index (χ2v) is 7.73. The first-order valence-electron chi connectivity index (χ1n) is 8.42. The van der Waals surface area contributed by atoms with Crippen molar-refractivity contribution >= 4 is 17.8 Å². The molecule has 0 heterocycles. The van der Waals surface area contributed by atoms with Crippen molar-refractivity contribution in [2.75, 3.05) is 6.11 Å². The van der Waals surface area contributed by atoms with Crippen LogP contribution in [0.1, 0.15) is 14.4 Å². The molecule has 0 aliphatic carbocycles. The van der Waals surface area contributed by atoms with Gasteiger partial charge in [-0.05, 0) is 5.56 Å². The first-order valence-corrected chi connectivity index (χ1v) is 9.13. The standard InChI is InChI=1S/C20H19O2P/c21-20(17-10-4-1-5-11-17)16-23(22,18-12-6-2-7-13-18)19-14-8-3-9-15-19/h1-15,20-21H,16H2/i16D2. The number of aliphatic hydroxyl groups excluding tert-OH is 1. The Morgan fingerprint density at radius 1 is 0.783 bits per heavy atom. The summed E-state index contributed by atoms with van der Waals surface area (Å²) in [6.07, 6.45) is -3.88. The van der Waals surface area contributed by atoms with Crippen molar-refractivity contribution in [1.82, 2.24) is 0 Å². The van der Waals surface area contributed by atoms with Gasteiger partial charge in [-0.2, -0.15) is 0 Å². The highest BCUT2D eigenvalue weighted by Gasteiger charge is 2.30. The van der Waals surface area contributed by atoms with Crippen LogP contribution in [0, 0.1) is 0 Å². The molecule has 0 aliphatic rings. The molecule has 1 atom stereocenters. The molecule has 0 aromatic heterocycles. The lowest BCUT2D eigenvalue weighted by atomic mass is 10.1. The smallest absolute Gasteiger partial charge is 0.146 e. The van der Waals surface area contributed by atoms with E-state index in [9.17, 15) is 9.67 Å². The second kappa shape index (κ2) is 6.95. The Kier molecular flexibility index (Phi) is 4.02. The maximum Gasteiger partial charge on any atom is 0.146 e. The van der Waals surface area contributed by atoms with Crippen LogP contribution in [-0.4, -0.2) is 11.2 Å².